The van der Waals surface area contributed by atoms with Crippen molar-refractivity contribution in [2.75, 3.05) is 26.3 Å². The highest BCUT2D eigenvalue weighted by atomic mass is 32.2. The number of carbonyl (C=O) groups excluding carboxylic acids is 1. The van der Waals surface area contributed by atoms with E-state index in [1.165, 1.54) is 28.4 Å². The van der Waals surface area contributed by atoms with E-state index in [1.54, 1.807) is 0 Å². The molecule has 1 aromatic carbocycles. The maximum Gasteiger partial charge on any atom is 0.261 e. The second kappa shape index (κ2) is 7.36. The fourth-order valence-electron chi connectivity index (χ4n) is 3.20. The number of hydrogen-bond acceptors (Lipinski definition) is 8. The quantitative estimate of drug-likeness (QED) is 0.649. The summed E-state index contributed by atoms with van der Waals surface area (Å²) in [6.45, 7) is 7.17. The van der Waals surface area contributed by atoms with Crippen LogP contribution in [0.4, 0.5) is 0 Å². The zero-order valence-corrected chi connectivity index (χ0v) is 17.5. The van der Waals surface area contributed by atoms with Crippen LogP contribution in [-0.2, 0) is 6.61 Å². The molecule has 7 nitrogen and oxygen atoms in total. The van der Waals surface area contributed by atoms with Gasteiger partial charge in [0.25, 0.3) is 5.91 Å². The van der Waals surface area contributed by atoms with Gasteiger partial charge < -0.3 is 29.7 Å². The third kappa shape index (κ3) is 3.75. The Morgan fingerprint density at radius 3 is 1.74 bits per heavy atom. The Morgan fingerprint density at radius 1 is 0.926 bits per heavy atom. The zero-order valence-electron chi connectivity index (χ0n) is 15.9. The average Bonchev–Trinajstić information content (AvgIpc) is 3.05. The molecule has 2 heterocycles. The van der Waals surface area contributed by atoms with Gasteiger partial charge in [0.1, 0.15) is 5.56 Å². The molecule has 0 spiro atoms. The van der Waals surface area contributed by atoms with Gasteiger partial charge in [-0.25, -0.2) is 0 Å². The van der Waals surface area contributed by atoms with Crippen LogP contribution in [0.5, 0.6) is 11.5 Å². The van der Waals surface area contributed by atoms with E-state index in [2.05, 4.69) is 0 Å². The molecule has 0 radical (unpaired) electrons. The number of aliphatic hydroxyl groups is 3. The van der Waals surface area contributed by atoms with E-state index >= 15 is 0 Å². The molecule has 3 rings (SSSR count). The maximum atomic E-state index is 13.3. The van der Waals surface area contributed by atoms with E-state index in [0.29, 0.717) is 17.1 Å². The number of fused-ring (bicyclic) bond motifs is 2. The Labute approximate surface area is 167 Å². The maximum absolute atomic E-state index is 13.3. The highest BCUT2D eigenvalue weighted by Gasteiger charge is 2.45. The van der Waals surface area contributed by atoms with Gasteiger partial charge in [-0.05, 0) is 27.7 Å². The van der Waals surface area contributed by atoms with E-state index in [4.69, 9.17) is 9.47 Å². The first kappa shape index (κ1) is 20.6. The number of carbonyl (C=O) groups is 1. The summed E-state index contributed by atoms with van der Waals surface area (Å²) >= 11 is 2.92. The van der Waals surface area contributed by atoms with Crippen LogP contribution in [0.15, 0.2) is 9.79 Å². The fourth-order valence-corrected chi connectivity index (χ4v) is 5.55. The van der Waals surface area contributed by atoms with Crippen LogP contribution in [-0.4, -0.2) is 62.3 Å². The van der Waals surface area contributed by atoms with Crippen LogP contribution in [0.2, 0.25) is 0 Å². The molecule has 3 N–H and O–H groups in total. The van der Waals surface area contributed by atoms with Crippen molar-refractivity contribution in [3.63, 3.8) is 0 Å². The van der Waals surface area contributed by atoms with Gasteiger partial charge in [0.15, 0.2) is 21.4 Å². The summed E-state index contributed by atoms with van der Waals surface area (Å²) in [7, 11) is 0. The molecule has 1 amide bonds. The smallest absolute Gasteiger partial charge is 0.261 e. The number of amides is 1. The van der Waals surface area contributed by atoms with Crippen molar-refractivity contribution in [2.24, 2.45) is 0 Å². The Morgan fingerprint density at radius 2 is 1.37 bits per heavy atom. The van der Waals surface area contributed by atoms with E-state index in [0.717, 1.165) is 9.79 Å². The molecule has 150 valence electrons. The summed E-state index contributed by atoms with van der Waals surface area (Å²) < 4.78 is 12.2. The van der Waals surface area contributed by atoms with Gasteiger partial charge in [0, 0.05) is 18.7 Å². The predicted molar refractivity (Wildman–Crippen MR) is 104 cm³/mol. The van der Waals surface area contributed by atoms with E-state index in [9.17, 15) is 20.1 Å². The summed E-state index contributed by atoms with van der Waals surface area (Å²) in [6.07, 6.45) is 0. The molecule has 0 saturated heterocycles. The molecule has 0 atom stereocenters. The van der Waals surface area contributed by atoms with Crippen molar-refractivity contribution in [3.8, 4) is 11.5 Å². The molecular weight excluding hydrogens is 390 g/mol. The monoisotopic (exact) mass is 415 g/mol. The largest absolute Gasteiger partial charge is 0.475 e. The number of aliphatic hydroxyl groups excluding tert-OH is 3. The molecule has 2 aliphatic rings. The molecular formula is C18H25NO6S2. The molecule has 0 bridgehead atoms. The lowest BCUT2D eigenvalue weighted by atomic mass is 10.1. The fraction of sp³-hybridized carbons (Fsp3) is 0.611. The van der Waals surface area contributed by atoms with Gasteiger partial charge in [-0.3, -0.25) is 4.79 Å². The summed E-state index contributed by atoms with van der Waals surface area (Å²) in [5.41, 5.74) is 0.994. The lowest BCUT2D eigenvalue weighted by molar-refractivity contribution is 0.0669. The van der Waals surface area contributed by atoms with Crippen LogP contribution in [0.3, 0.4) is 0 Å². The summed E-state index contributed by atoms with van der Waals surface area (Å²) in [6, 6.07) is 0. The minimum Gasteiger partial charge on any atom is -0.475 e. The summed E-state index contributed by atoms with van der Waals surface area (Å²) in [5, 5.41) is 28.6. The first-order valence-electron chi connectivity index (χ1n) is 8.75. The normalized spacial score (nSPS) is 18.5. The Balaban J connectivity index is 2.21. The van der Waals surface area contributed by atoms with E-state index in [1.807, 2.05) is 27.7 Å². The Hall–Kier alpha value is -1.13. The molecule has 9 heteroatoms. The lowest BCUT2D eigenvalue weighted by Gasteiger charge is -2.24. The Kier molecular flexibility index (Phi) is 5.62. The third-order valence-electron chi connectivity index (χ3n) is 4.21. The molecule has 0 fully saturated rings. The molecule has 1 aromatic rings. The van der Waals surface area contributed by atoms with Crippen LogP contribution >= 0.6 is 23.5 Å². The van der Waals surface area contributed by atoms with Gasteiger partial charge in [0.05, 0.1) is 29.6 Å². The summed E-state index contributed by atoms with van der Waals surface area (Å²) in [5.74, 6) is 0.431. The molecule has 0 aliphatic carbocycles. The van der Waals surface area contributed by atoms with Crippen molar-refractivity contribution >= 4 is 29.4 Å². The van der Waals surface area contributed by atoms with Crippen molar-refractivity contribution in [1.82, 2.24) is 4.90 Å². The van der Waals surface area contributed by atoms with E-state index in [-0.39, 0.29) is 44.4 Å². The Bertz CT molecular complexity index is 714. The summed E-state index contributed by atoms with van der Waals surface area (Å²) in [4.78, 5) is 15.0. The number of thioether (sulfide) groups is 2. The van der Waals surface area contributed by atoms with Crippen LogP contribution in [0.25, 0.3) is 0 Å². The highest BCUT2D eigenvalue weighted by Crippen LogP contribution is 2.60. The number of rotatable bonds is 6. The molecule has 27 heavy (non-hydrogen) atoms. The SMILES string of the molecule is CC1(C)Oc2c(c(CO)c3c(c2C(=O)N(CCO)CCO)OC(C)(C)S3)S1. The van der Waals surface area contributed by atoms with Crippen LogP contribution < -0.4 is 9.47 Å². The van der Waals surface area contributed by atoms with Crippen LogP contribution in [0, 0.1) is 0 Å². The molecule has 0 saturated carbocycles. The van der Waals surface area contributed by atoms with E-state index < -0.39 is 9.87 Å². The third-order valence-corrected chi connectivity index (χ3v) is 6.63. The first-order valence-corrected chi connectivity index (χ1v) is 10.4. The number of nitrogens with zero attached hydrogens (tertiary/aromatic N) is 1. The number of benzene rings is 1. The topological polar surface area (TPSA) is 99.5 Å². The van der Waals surface area contributed by atoms with Crippen molar-refractivity contribution < 1.29 is 29.6 Å². The van der Waals surface area contributed by atoms with Gasteiger partial charge >= 0.3 is 0 Å². The molecule has 2 aliphatic heterocycles. The zero-order chi connectivity index (χ0) is 20.0. The van der Waals surface area contributed by atoms with Crippen molar-refractivity contribution in [2.45, 2.75) is 54.0 Å². The average molecular weight is 416 g/mol. The minimum absolute atomic E-state index is 0.0950. The lowest BCUT2D eigenvalue weighted by Crippen LogP contribution is -2.36. The number of ether oxygens (including phenoxy) is 2. The highest BCUT2D eigenvalue weighted by molar-refractivity contribution is 8.01. The van der Waals surface area contributed by atoms with Crippen molar-refractivity contribution in [3.05, 3.63) is 11.1 Å². The van der Waals surface area contributed by atoms with Crippen molar-refractivity contribution in [1.29, 1.82) is 0 Å². The van der Waals surface area contributed by atoms with Gasteiger partial charge in [-0.1, -0.05) is 23.5 Å². The van der Waals surface area contributed by atoms with Crippen LogP contribution in [0.1, 0.15) is 43.6 Å². The van der Waals surface area contributed by atoms with Gasteiger partial charge in [-0.2, -0.15) is 0 Å². The second-order valence-corrected chi connectivity index (χ2v) is 10.5. The van der Waals surface area contributed by atoms with Gasteiger partial charge in [0.2, 0.25) is 0 Å². The predicted octanol–water partition coefficient (Wildman–Crippen LogP) is 2.05. The molecule has 0 unspecified atom stereocenters. The number of hydrogen-bond donors (Lipinski definition) is 3. The second-order valence-electron chi connectivity index (χ2n) is 7.28. The first-order chi connectivity index (χ1) is 12.6. The standard InChI is InChI=1S/C18H25NO6S2/c1-17(2)24-12-11(16(23)19(5-7-20)6-8-21)13-15(27-18(3,4)25-13)10(9-22)14(12)26-17/h20-22H,5-9H2,1-4H3. The molecule has 0 aromatic heterocycles. The minimum atomic E-state index is -0.588. The van der Waals surface area contributed by atoms with Gasteiger partial charge in [-0.15, -0.1) is 0 Å².